The van der Waals surface area contributed by atoms with Crippen LogP contribution in [0.25, 0.3) is 0 Å². The number of rotatable bonds is 4. The lowest BCUT2D eigenvalue weighted by atomic mass is 10.1. The summed E-state index contributed by atoms with van der Waals surface area (Å²) in [5.41, 5.74) is -0.230. The van der Waals surface area contributed by atoms with E-state index in [0.717, 1.165) is 12.1 Å². The molecule has 0 radical (unpaired) electrons. The van der Waals surface area contributed by atoms with Gasteiger partial charge in [0.05, 0.1) is 5.33 Å². The predicted molar refractivity (Wildman–Crippen MR) is 53.9 cm³/mol. The molecule has 82 valence electrons. The van der Waals surface area contributed by atoms with E-state index in [0.29, 0.717) is 0 Å². The smallest absolute Gasteiger partial charge is 0.263 e. The van der Waals surface area contributed by atoms with Crippen molar-refractivity contribution in [1.29, 1.82) is 0 Å². The second kappa shape index (κ2) is 5.30. The van der Waals surface area contributed by atoms with Crippen LogP contribution in [-0.2, 0) is 11.2 Å². The van der Waals surface area contributed by atoms with Crippen molar-refractivity contribution in [2.75, 3.05) is 5.33 Å². The van der Waals surface area contributed by atoms with Gasteiger partial charge in [0.1, 0.15) is 11.6 Å². The van der Waals surface area contributed by atoms with Gasteiger partial charge in [-0.05, 0) is 11.6 Å². The summed E-state index contributed by atoms with van der Waals surface area (Å²) >= 11 is 2.94. The molecular weight excluding hydrogens is 273 g/mol. The minimum absolute atomic E-state index is 0.0827. The van der Waals surface area contributed by atoms with Gasteiger partial charge in [-0.25, -0.2) is 13.2 Å². The zero-order chi connectivity index (χ0) is 11.4. The van der Waals surface area contributed by atoms with Crippen LogP contribution in [0.3, 0.4) is 0 Å². The molecule has 0 amide bonds. The highest BCUT2D eigenvalue weighted by molar-refractivity contribution is 9.09. The number of hydrogen-bond donors (Lipinski definition) is 0. The molecule has 0 aliphatic rings. The van der Waals surface area contributed by atoms with Gasteiger partial charge in [-0.15, -0.1) is 0 Å². The maximum Gasteiger partial charge on any atom is 0.263 e. The molecule has 0 N–H and O–H groups in total. The molecule has 15 heavy (non-hydrogen) atoms. The van der Waals surface area contributed by atoms with Crippen LogP contribution in [0.1, 0.15) is 17.6 Å². The first-order chi connectivity index (χ1) is 7.04. The highest BCUT2D eigenvalue weighted by Crippen LogP contribution is 2.21. The summed E-state index contributed by atoms with van der Waals surface area (Å²) in [7, 11) is 0. The van der Waals surface area contributed by atoms with Gasteiger partial charge >= 0.3 is 0 Å². The molecule has 0 heterocycles. The monoisotopic (exact) mass is 280 g/mol. The van der Waals surface area contributed by atoms with E-state index in [1.165, 1.54) is 6.07 Å². The van der Waals surface area contributed by atoms with Gasteiger partial charge in [0.2, 0.25) is 0 Å². The second-order valence-electron chi connectivity index (χ2n) is 3.00. The number of hydrogen-bond acceptors (Lipinski definition) is 1. The van der Waals surface area contributed by atoms with Crippen LogP contribution in [-0.4, -0.2) is 11.1 Å². The summed E-state index contributed by atoms with van der Waals surface area (Å²) in [5, 5.41) is 0.128. The maximum atomic E-state index is 13.2. The molecule has 1 aromatic rings. The molecule has 1 nitrogen and oxygen atoms in total. The van der Waals surface area contributed by atoms with Gasteiger partial charge in [0.25, 0.3) is 6.43 Å². The normalized spacial score (nSPS) is 10.7. The van der Waals surface area contributed by atoms with E-state index in [2.05, 4.69) is 15.9 Å². The van der Waals surface area contributed by atoms with E-state index < -0.39 is 12.2 Å². The van der Waals surface area contributed by atoms with Crippen molar-refractivity contribution < 1.29 is 18.0 Å². The molecule has 5 heteroatoms. The average molecular weight is 281 g/mol. The molecule has 0 aliphatic carbocycles. The Kier molecular flexibility index (Phi) is 4.32. The molecular formula is C10H8BrF3O. The Bertz CT molecular complexity index is 366. The zero-order valence-electron chi connectivity index (χ0n) is 7.64. The Hall–Kier alpha value is -0.840. The third kappa shape index (κ3) is 3.34. The van der Waals surface area contributed by atoms with Crippen molar-refractivity contribution in [3.8, 4) is 0 Å². The molecule has 1 rings (SSSR count). The third-order valence-corrected chi connectivity index (χ3v) is 2.49. The number of ketones is 1. The minimum atomic E-state index is -2.69. The fraction of sp³-hybridized carbons (Fsp3) is 0.300. The van der Waals surface area contributed by atoms with Gasteiger partial charge in [0, 0.05) is 12.0 Å². The van der Waals surface area contributed by atoms with Gasteiger partial charge < -0.3 is 0 Å². The standard InChI is InChI=1S/C10H8BrF3O/c11-5-8(15)3-6-1-2-7(10(13)14)4-9(6)12/h1-2,4,10H,3,5H2. The van der Waals surface area contributed by atoms with Gasteiger partial charge in [-0.1, -0.05) is 28.1 Å². The van der Waals surface area contributed by atoms with Crippen molar-refractivity contribution in [3.63, 3.8) is 0 Å². The van der Waals surface area contributed by atoms with Crippen LogP contribution >= 0.6 is 15.9 Å². The third-order valence-electron chi connectivity index (χ3n) is 1.87. The molecule has 1 aromatic carbocycles. The average Bonchev–Trinajstić information content (AvgIpc) is 2.20. The zero-order valence-corrected chi connectivity index (χ0v) is 9.23. The van der Waals surface area contributed by atoms with Crippen molar-refractivity contribution in [2.45, 2.75) is 12.8 Å². The summed E-state index contributed by atoms with van der Waals surface area (Å²) in [6.07, 6.45) is -2.78. The molecule has 0 aliphatic heterocycles. The van der Waals surface area contributed by atoms with Gasteiger partial charge in [0.15, 0.2) is 0 Å². The number of benzene rings is 1. The minimum Gasteiger partial charge on any atom is -0.298 e. The number of alkyl halides is 3. The maximum absolute atomic E-state index is 13.2. The van der Waals surface area contributed by atoms with E-state index >= 15 is 0 Å². The lowest BCUT2D eigenvalue weighted by molar-refractivity contribution is -0.115. The quantitative estimate of drug-likeness (QED) is 0.774. The molecule has 0 bridgehead atoms. The van der Waals surface area contributed by atoms with Crippen LogP contribution in [0.4, 0.5) is 13.2 Å². The molecule has 0 aromatic heterocycles. The van der Waals surface area contributed by atoms with Crippen molar-refractivity contribution in [2.24, 2.45) is 0 Å². The van der Waals surface area contributed by atoms with Crippen molar-refractivity contribution >= 4 is 21.7 Å². The van der Waals surface area contributed by atoms with Crippen molar-refractivity contribution in [1.82, 2.24) is 0 Å². The highest BCUT2D eigenvalue weighted by Gasteiger charge is 2.12. The lowest BCUT2D eigenvalue weighted by Crippen LogP contribution is -2.05. The largest absolute Gasteiger partial charge is 0.298 e. The number of carbonyl (C=O) groups excluding carboxylic acids is 1. The van der Waals surface area contributed by atoms with E-state index in [1.807, 2.05) is 0 Å². The summed E-state index contributed by atoms with van der Waals surface area (Å²) in [4.78, 5) is 11.0. The van der Waals surface area contributed by atoms with Crippen LogP contribution in [0, 0.1) is 5.82 Å². The summed E-state index contributed by atoms with van der Waals surface area (Å²) < 4.78 is 37.5. The van der Waals surface area contributed by atoms with E-state index in [9.17, 15) is 18.0 Å². The van der Waals surface area contributed by atoms with Crippen LogP contribution in [0.2, 0.25) is 0 Å². The van der Waals surface area contributed by atoms with Gasteiger partial charge in [-0.3, -0.25) is 4.79 Å². The molecule has 0 unspecified atom stereocenters. The fourth-order valence-electron chi connectivity index (χ4n) is 1.10. The Balaban J connectivity index is 2.88. The molecule has 0 saturated carbocycles. The highest BCUT2D eigenvalue weighted by atomic mass is 79.9. The van der Waals surface area contributed by atoms with E-state index in [1.54, 1.807) is 0 Å². The number of Topliss-reactive ketones (excluding diaryl/α,β-unsaturated/α-hetero) is 1. The number of carbonyl (C=O) groups is 1. The Morgan fingerprint density at radius 2 is 2.07 bits per heavy atom. The predicted octanol–water partition coefficient (Wildman–Crippen LogP) is 3.27. The lowest BCUT2D eigenvalue weighted by Gasteiger charge is -2.04. The first kappa shape index (κ1) is 12.2. The summed E-state index contributed by atoms with van der Waals surface area (Å²) in [6, 6.07) is 3.11. The molecule has 0 saturated heterocycles. The van der Waals surface area contributed by atoms with Crippen LogP contribution in [0.15, 0.2) is 18.2 Å². The SMILES string of the molecule is O=C(CBr)Cc1ccc(C(F)F)cc1F. The van der Waals surface area contributed by atoms with Crippen molar-refractivity contribution in [3.05, 3.63) is 35.1 Å². The molecule has 0 spiro atoms. The van der Waals surface area contributed by atoms with E-state index in [-0.39, 0.29) is 28.7 Å². The summed E-state index contributed by atoms with van der Waals surface area (Å²) in [5.74, 6) is -0.958. The Morgan fingerprint density at radius 1 is 1.40 bits per heavy atom. The number of halogens is 4. The Labute approximate surface area is 93.4 Å². The molecule has 0 atom stereocenters. The van der Waals surface area contributed by atoms with Crippen LogP contribution in [0.5, 0.6) is 0 Å². The first-order valence-corrected chi connectivity index (χ1v) is 5.31. The topological polar surface area (TPSA) is 17.1 Å². The second-order valence-corrected chi connectivity index (χ2v) is 3.56. The van der Waals surface area contributed by atoms with E-state index in [4.69, 9.17) is 0 Å². The van der Waals surface area contributed by atoms with Crippen LogP contribution < -0.4 is 0 Å². The Morgan fingerprint density at radius 3 is 2.53 bits per heavy atom. The first-order valence-electron chi connectivity index (χ1n) is 4.18. The molecule has 0 fully saturated rings. The fourth-order valence-corrected chi connectivity index (χ4v) is 1.30. The summed E-state index contributed by atoms with van der Waals surface area (Å²) in [6.45, 7) is 0. The van der Waals surface area contributed by atoms with Gasteiger partial charge in [-0.2, -0.15) is 0 Å².